The fourth-order valence-corrected chi connectivity index (χ4v) is 3.88. The number of rotatable bonds is 2. The third-order valence-electron chi connectivity index (χ3n) is 4.54. The Morgan fingerprint density at radius 2 is 2.29 bits per heavy atom. The normalized spacial score (nSPS) is 34.4. The third kappa shape index (κ3) is 1.38. The fraction of sp³-hybridized carbons (Fsp3) is 0.571. The van der Waals surface area contributed by atoms with Gasteiger partial charge in [-0.05, 0) is 24.8 Å². The SMILES string of the molecule is CCCC1(C)C[N+]2=Cc3sccc3N=CC21C. The lowest BCUT2D eigenvalue weighted by Gasteiger charge is -2.48. The van der Waals surface area contributed by atoms with Gasteiger partial charge < -0.3 is 0 Å². The second-order valence-corrected chi connectivity index (χ2v) is 6.59. The van der Waals surface area contributed by atoms with Crippen molar-refractivity contribution in [3.05, 3.63) is 16.3 Å². The Morgan fingerprint density at radius 1 is 1.47 bits per heavy atom. The van der Waals surface area contributed by atoms with Crippen molar-refractivity contribution in [1.82, 2.24) is 0 Å². The molecule has 1 aromatic heterocycles. The van der Waals surface area contributed by atoms with E-state index >= 15 is 0 Å². The summed E-state index contributed by atoms with van der Waals surface area (Å²) in [7, 11) is 0. The highest BCUT2D eigenvalue weighted by atomic mass is 32.1. The lowest BCUT2D eigenvalue weighted by Crippen LogP contribution is -2.68. The molecule has 2 aliphatic rings. The minimum Gasteiger partial charge on any atom is -0.252 e. The number of thiophene rings is 1. The highest BCUT2D eigenvalue weighted by Gasteiger charge is 2.63. The van der Waals surface area contributed by atoms with Crippen LogP contribution in [0.4, 0.5) is 5.69 Å². The second kappa shape index (κ2) is 3.52. The molecule has 3 heterocycles. The molecule has 0 N–H and O–H groups in total. The summed E-state index contributed by atoms with van der Waals surface area (Å²) in [5.74, 6) is 0. The van der Waals surface area contributed by atoms with Crippen molar-refractivity contribution in [2.24, 2.45) is 10.4 Å². The summed E-state index contributed by atoms with van der Waals surface area (Å²) in [4.78, 5) is 5.99. The molecule has 1 saturated heterocycles. The van der Waals surface area contributed by atoms with Crippen LogP contribution in [0, 0.1) is 5.41 Å². The van der Waals surface area contributed by atoms with Crippen LogP contribution in [0.5, 0.6) is 0 Å². The van der Waals surface area contributed by atoms with Gasteiger partial charge in [0, 0.05) is 6.92 Å². The average molecular weight is 247 g/mol. The molecular formula is C14H19N2S+. The molecule has 2 unspecified atom stereocenters. The Kier molecular flexibility index (Phi) is 2.31. The molecule has 0 bridgehead atoms. The molecule has 2 aliphatic heterocycles. The fourth-order valence-electron chi connectivity index (χ4n) is 3.10. The standard InChI is InChI=1S/C14H19N2S/c1-4-6-13(2)10-16-8-12-11(5-7-17-12)15-9-14(13,16)3/h5,7-9H,4,6,10H2,1-3H3/q+1. The predicted octanol–water partition coefficient (Wildman–Crippen LogP) is 3.47. The first-order valence-electron chi connectivity index (χ1n) is 6.33. The van der Waals surface area contributed by atoms with E-state index in [0.29, 0.717) is 5.41 Å². The average Bonchev–Trinajstić information content (AvgIpc) is 2.69. The quantitative estimate of drug-likeness (QED) is 0.711. The Balaban J connectivity index is 2.03. The lowest BCUT2D eigenvalue weighted by molar-refractivity contribution is -0.684. The monoisotopic (exact) mass is 247 g/mol. The molecule has 0 radical (unpaired) electrons. The summed E-state index contributed by atoms with van der Waals surface area (Å²) in [5.41, 5.74) is 1.60. The van der Waals surface area contributed by atoms with E-state index in [1.165, 1.54) is 17.7 Å². The molecule has 90 valence electrons. The van der Waals surface area contributed by atoms with Gasteiger partial charge in [-0.3, -0.25) is 4.99 Å². The molecule has 0 saturated carbocycles. The largest absolute Gasteiger partial charge is 0.252 e. The van der Waals surface area contributed by atoms with E-state index in [9.17, 15) is 0 Å². The van der Waals surface area contributed by atoms with Gasteiger partial charge in [0.05, 0.1) is 17.3 Å². The minimum atomic E-state index is 0.0990. The second-order valence-electron chi connectivity index (χ2n) is 5.64. The summed E-state index contributed by atoms with van der Waals surface area (Å²) in [6.07, 6.45) is 6.98. The molecule has 0 aromatic carbocycles. The zero-order valence-electron chi connectivity index (χ0n) is 10.7. The first-order valence-corrected chi connectivity index (χ1v) is 7.21. The van der Waals surface area contributed by atoms with Crippen molar-refractivity contribution >= 4 is 29.5 Å². The van der Waals surface area contributed by atoms with E-state index in [1.54, 1.807) is 11.3 Å². The number of fused-ring (bicyclic) bond motifs is 2. The first-order chi connectivity index (χ1) is 8.09. The van der Waals surface area contributed by atoms with E-state index in [0.717, 1.165) is 12.2 Å². The van der Waals surface area contributed by atoms with Crippen LogP contribution in [-0.4, -0.2) is 29.1 Å². The highest BCUT2D eigenvalue weighted by molar-refractivity contribution is 7.12. The molecule has 0 spiro atoms. The molecule has 2 atom stereocenters. The molecule has 2 nitrogen and oxygen atoms in total. The smallest absolute Gasteiger partial charge is 0.206 e. The Hall–Kier alpha value is -0.960. The summed E-state index contributed by atoms with van der Waals surface area (Å²) < 4.78 is 2.45. The zero-order chi connectivity index (χ0) is 12.1. The van der Waals surface area contributed by atoms with E-state index in [2.05, 4.69) is 49.2 Å². The lowest BCUT2D eigenvalue weighted by atomic mass is 9.62. The van der Waals surface area contributed by atoms with Crippen molar-refractivity contribution in [1.29, 1.82) is 0 Å². The van der Waals surface area contributed by atoms with Gasteiger partial charge in [-0.15, -0.1) is 11.3 Å². The molecule has 3 rings (SSSR count). The summed E-state index contributed by atoms with van der Waals surface area (Å²) in [6, 6.07) is 2.11. The van der Waals surface area contributed by atoms with Crippen molar-refractivity contribution in [3.8, 4) is 0 Å². The van der Waals surface area contributed by atoms with Crippen LogP contribution in [0.2, 0.25) is 0 Å². The van der Waals surface area contributed by atoms with Gasteiger partial charge in [0.2, 0.25) is 5.54 Å². The number of hydrogen-bond donors (Lipinski definition) is 0. The summed E-state index contributed by atoms with van der Waals surface area (Å²) in [6.45, 7) is 8.14. The van der Waals surface area contributed by atoms with Crippen molar-refractivity contribution in [2.75, 3.05) is 6.54 Å². The van der Waals surface area contributed by atoms with Crippen LogP contribution >= 0.6 is 11.3 Å². The van der Waals surface area contributed by atoms with Crippen LogP contribution in [-0.2, 0) is 0 Å². The number of hydrogen-bond acceptors (Lipinski definition) is 2. The van der Waals surface area contributed by atoms with Gasteiger partial charge in [-0.2, -0.15) is 0 Å². The number of aliphatic imine (C=N–C) groups is 1. The number of nitrogens with zero attached hydrogens (tertiary/aromatic N) is 2. The van der Waals surface area contributed by atoms with Crippen molar-refractivity contribution in [3.63, 3.8) is 0 Å². The van der Waals surface area contributed by atoms with Crippen LogP contribution < -0.4 is 0 Å². The van der Waals surface area contributed by atoms with Crippen molar-refractivity contribution in [2.45, 2.75) is 39.2 Å². The molecular weight excluding hydrogens is 228 g/mol. The van der Waals surface area contributed by atoms with Crippen molar-refractivity contribution < 1.29 is 4.58 Å². The summed E-state index contributed by atoms with van der Waals surface area (Å²) >= 11 is 1.78. The first kappa shape index (κ1) is 11.1. The van der Waals surface area contributed by atoms with E-state index < -0.39 is 0 Å². The Labute approximate surface area is 107 Å². The molecule has 3 heteroatoms. The van der Waals surface area contributed by atoms with Gasteiger partial charge in [0.15, 0.2) is 12.8 Å². The molecule has 0 amide bonds. The maximum absolute atomic E-state index is 4.69. The topological polar surface area (TPSA) is 15.4 Å². The van der Waals surface area contributed by atoms with Gasteiger partial charge in [0.25, 0.3) is 0 Å². The maximum atomic E-state index is 4.69. The predicted molar refractivity (Wildman–Crippen MR) is 74.2 cm³/mol. The van der Waals surface area contributed by atoms with E-state index in [4.69, 9.17) is 4.99 Å². The van der Waals surface area contributed by atoms with E-state index in [1.807, 2.05) is 0 Å². The van der Waals surface area contributed by atoms with Crippen LogP contribution in [0.3, 0.4) is 0 Å². The van der Waals surface area contributed by atoms with Crippen LogP contribution in [0.1, 0.15) is 38.5 Å². The van der Waals surface area contributed by atoms with Crippen LogP contribution in [0.25, 0.3) is 0 Å². The van der Waals surface area contributed by atoms with Gasteiger partial charge in [-0.1, -0.05) is 13.3 Å². The Bertz CT molecular complexity index is 514. The van der Waals surface area contributed by atoms with Gasteiger partial charge >= 0.3 is 0 Å². The third-order valence-corrected chi connectivity index (χ3v) is 5.38. The summed E-state index contributed by atoms with van der Waals surface area (Å²) in [5, 5.41) is 2.12. The maximum Gasteiger partial charge on any atom is 0.206 e. The molecule has 1 aromatic rings. The molecule has 1 fully saturated rings. The highest BCUT2D eigenvalue weighted by Crippen LogP contribution is 2.47. The van der Waals surface area contributed by atoms with Gasteiger partial charge in [-0.25, -0.2) is 4.58 Å². The Morgan fingerprint density at radius 3 is 3.06 bits per heavy atom. The molecule has 17 heavy (non-hydrogen) atoms. The van der Waals surface area contributed by atoms with E-state index in [-0.39, 0.29) is 5.54 Å². The van der Waals surface area contributed by atoms with Gasteiger partial charge in [0.1, 0.15) is 4.88 Å². The zero-order valence-corrected chi connectivity index (χ0v) is 11.5. The van der Waals surface area contributed by atoms with Crippen LogP contribution in [0.15, 0.2) is 16.4 Å². The minimum absolute atomic E-state index is 0.0990. The molecule has 0 aliphatic carbocycles.